The first kappa shape index (κ1) is 25.4. The van der Waals surface area contributed by atoms with E-state index in [4.69, 9.17) is 16.3 Å². The molecule has 0 radical (unpaired) electrons. The quantitative estimate of drug-likeness (QED) is 0.361. The van der Waals surface area contributed by atoms with E-state index in [1.54, 1.807) is 19.1 Å². The van der Waals surface area contributed by atoms with Crippen LogP contribution < -0.4 is 9.46 Å². The van der Waals surface area contributed by atoms with Crippen molar-refractivity contribution in [1.82, 2.24) is 25.1 Å². The minimum Gasteiger partial charge on any atom is -0.474 e. The van der Waals surface area contributed by atoms with Crippen LogP contribution in [0.1, 0.15) is 24.1 Å². The summed E-state index contributed by atoms with van der Waals surface area (Å²) in [7, 11) is -1.98. The number of rotatable bonds is 6. The molecule has 1 aliphatic heterocycles. The van der Waals surface area contributed by atoms with Crippen LogP contribution in [0, 0.1) is 19.7 Å². The van der Waals surface area contributed by atoms with Crippen molar-refractivity contribution in [2.75, 3.05) is 24.9 Å². The average Bonchev–Trinajstić information content (AvgIpc) is 3.24. The number of piperidine rings is 1. The summed E-state index contributed by atoms with van der Waals surface area (Å²) in [5.41, 5.74) is 2.39. The second-order valence-electron chi connectivity index (χ2n) is 9.23. The molecule has 1 aliphatic rings. The van der Waals surface area contributed by atoms with Crippen molar-refractivity contribution in [2.45, 2.75) is 37.7 Å². The first-order chi connectivity index (χ1) is 17.6. The third-order valence-electron chi connectivity index (χ3n) is 6.42. The standard InChI is InChI=1S/C25H26ClFN6O3S/c1-14-4-6-17(27)13-21(14)37(34,35)32-20-7-5-16(12-19(20)26)23-28-24-22(15(2)30-31-24)25(29-23)36-18-8-10-33(3)11-9-18/h4-7,12-13,18,32H,8-11H2,1-3H3,(H,28,29,30,31). The molecule has 0 unspecified atom stereocenters. The highest BCUT2D eigenvalue weighted by molar-refractivity contribution is 7.92. The van der Waals surface area contributed by atoms with Gasteiger partial charge in [-0.2, -0.15) is 10.1 Å². The number of halogens is 2. The maximum atomic E-state index is 13.7. The summed E-state index contributed by atoms with van der Waals surface area (Å²) in [6.07, 6.45) is 1.81. The topological polar surface area (TPSA) is 113 Å². The van der Waals surface area contributed by atoms with Gasteiger partial charge in [0.25, 0.3) is 10.0 Å². The van der Waals surface area contributed by atoms with Crippen molar-refractivity contribution in [1.29, 1.82) is 0 Å². The Labute approximate surface area is 219 Å². The molecule has 1 fully saturated rings. The van der Waals surface area contributed by atoms with Gasteiger partial charge in [0.2, 0.25) is 5.88 Å². The van der Waals surface area contributed by atoms with Crippen LogP contribution in [0.4, 0.5) is 10.1 Å². The van der Waals surface area contributed by atoms with Gasteiger partial charge in [0.05, 0.1) is 15.6 Å². The van der Waals surface area contributed by atoms with Crippen LogP contribution >= 0.6 is 11.6 Å². The van der Waals surface area contributed by atoms with Crippen molar-refractivity contribution in [3.63, 3.8) is 0 Å². The monoisotopic (exact) mass is 544 g/mol. The molecule has 37 heavy (non-hydrogen) atoms. The summed E-state index contributed by atoms with van der Waals surface area (Å²) in [5.74, 6) is 0.148. The number of hydrogen-bond donors (Lipinski definition) is 2. The van der Waals surface area contributed by atoms with E-state index in [-0.39, 0.29) is 21.7 Å². The molecule has 9 nitrogen and oxygen atoms in total. The number of anilines is 1. The summed E-state index contributed by atoms with van der Waals surface area (Å²) in [5, 5.41) is 8.09. The fraction of sp³-hybridized carbons (Fsp3) is 0.320. The number of nitrogens with zero attached hydrogens (tertiary/aromatic N) is 4. The smallest absolute Gasteiger partial charge is 0.262 e. The molecule has 2 N–H and O–H groups in total. The molecule has 194 valence electrons. The summed E-state index contributed by atoms with van der Waals surface area (Å²) < 4.78 is 48.2. The minimum absolute atomic E-state index is 0.0306. The highest BCUT2D eigenvalue weighted by Crippen LogP contribution is 2.33. The molecule has 12 heteroatoms. The maximum Gasteiger partial charge on any atom is 0.262 e. The zero-order chi connectivity index (χ0) is 26.3. The van der Waals surface area contributed by atoms with Gasteiger partial charge < -0.3 is 9.64 Å². The first-order valence-electron chi connectivity index (χ1n) is 11.8. The van der Waals surface area contributed by atoms with Crippen LogP contribution in [0.3, 0.4) is 0 Å². The summed E-state index contributed by atoms with van der Waals surface area (Å²) in [6, 6.07) is 8.33. The van der Waals surface area contributed by atoms with E-state index < -0.39 is 15.8 Å². The number of nitrogens with one attached hydrogen (secondary N) is 2. The van der Waals surface area contributed by atoms with E-state index in [1.165, 1.54) is 18.2 Å². The lowest BCUT2D eigenvalue weighted by molar-refractivity contribution is 0.111. The van der Waals surface area contributed by atoms with E-state index in [0.29, 0.717) is 28.5 Å². The lowest BCUT2D eigenvalue weighted by Gasteiger charge is -2.29. The fourth-order valence-corrected chi connectivity index (χ4v) is 5.93. The number of aryl methyl sites for hydroxylation is 2. The zero-order valence-electron chi connectivity index (χ0n) is 20.5. The molecular weight excluding hydrogens is 519 g/mol. The Morgan fingerprint density at radius 2 is 1.89 bits per heavy atom. The second kappa shape index (κ2) is 9.88. The van der Waals surface area contributed by atoms with Crippen molar-refractivity contribution in [3.8, 4) is 17.3 Å². The van der Waals surface area contributed by atoms with Crippen molar-refractivity contribution < 1.29 is 17.5 Å². The summed E-state index contributed by atoms with van der Waals surface area (Å²) >= 11 is 6.46. The number of sulfonamides is 1. The Kier molecular flexibility index (Phi) is 6.78. The third kappa shape index (κ3) is 5.25. The highest BCUT2D eigenvalue weighted by Gasteiger charge is 2.23. The molecule has 2 aromatic carbocycles. The zero-order valence-corrected chi connectivity index (χ0v) is 22.1. The van der Waals surface area contributed by atoms with Gasteiger partial charge in [-0.05, 0) is 69.6 Å². The van der Waals surface area contributed by atoms with E-state index in [9.17, 15) is 12.8 Å². The summed E-state index contributed by atoms with van der Waals surface area (Å²) in [6.45, 7) is 5.36. The summed E-state index contributed by atoms with van der Waals surface area (Å²) in [4.78, 5) is 11.4. The van der Waals surface area contributed by atoms with Gasteiger partial charge in [-0.15, -0.1) is 0 Å². The van der Waals surface area contributed by atoms with Crippen molar-refractivity contribution >= 4 is 38.3 Å². The molecule has 0 saturated carbocycles. The number of benzene rings is 2. The first-order valence-corrected chi connectivity index (χ1v) is 13.6. The number of hydrogen-bond acceptors (Lipinski definition) is 7. The predicted octanol–water partition coefficient (Wildman–Crippen LogP) is 4.70. The van der Waals surface area contributed by atoms with Crippen LogP contribution in [0.5, 0.6) is 5.88 Å². The maximum absolute atomic E-state index is 13.7. The molecule has 0 bridgehead atoms. The van der Waals surface area contributed by atoms with E-state index in [1.807, 2.05) is 6.92 Å². The molecule has 0 amide bonds. The van der Waals surface area contributed by atoms with Gasteiger partial charge in [0.15, 0.2) is 11.5 Å². The van der Waals surface area contributed by atoms with Gasteiger partial charge in [-0.1, -0.05) is 17.7 Å². The molecule has 5 rings (SSSR count). The highest BCUT2D eigenvalue weighted by atomic mass is 35.5. The van der Waals surface area contributed by atoms with Crippen LogP contribution in [-0.2, 0) is 10.0 Å². The normalized spacial score (nSPS) is 15.3. The van der Waals surface area contributed by atoms with E-state index in [2.05, 4.69) is 36.8 Å². The van der Waals surface area contributed by atoms with Gasteiger partial charge in [-0.25, -0.2) is 17.8 Å². The average molecular weight is 545 g/mol. The Hall–Kier alpha value is -3.28. The number of H-pyrrole nitrogens is 1. The molecule has 2 aromatic heterocycles. The number of aromatic amines is 1. The largest absolute Gasteiger partial charge is 0.474 e. The SMILES string of the molecule is Cc1ccc(F)cc1S(=O)(=O)Nc1ccc(-c2nc(OC3CCN(C)CC3)c3c(C)[nH]nc3n2)cc1Cl. The predicted molar refractivity (Wildman–Crippen MR) is 140 cm³/mol. The number of fused-ring (bicyclic) bond motifs is 1. The Balaban J connectivity index is 1.46. The molecule has 0 aliphatic carbocycles. The number of likely N-dealkylation sites (tertiary alicyclic amines) is 1. The van der Waals surface area contributed by atoms with Gasteiger partial charge >= 0.3 is 0 Å². The lowest BCUT2D eigenvalue weighted by Crippen LogP contribution is -2.35. The van der Waals surface area contributed by atoms with Gasteiger partial charge in [-0.3, -0.25) is 9.82 Å². The van der Waals surface area contributed by atoms with Crippen LogP contribution in [-0.4, -0.2) is 59.7 Å². The van der Waals surface area contributed by atoms with E-state index in [0.717, 1.165) is 43.1 Å². The van der Waals surface area contributed by atoms with Crippen molar-refractivity contribution in [3.05, 3.63) is 58.5 Å². The van der Waals surface area contributed by atoms with Gasteiger partial charge in [0, 0.05) is 24.3 Å². The van der Waals surface area contributed by atoms with Crippen molar-refractivity contribution in [2.24, 2.45) is 0 Å². The minimum atomic E-state index is -4.06. The second-order valence-corrected chi connectivity index (χ2v) is 11.3. The molecular formula is C25H26ClFN6O3S. The van der Waals surface area contributed by atoms with Crippen LogP contribution in [0.2, 0.25) is 5.02 Å². The van der Waals surface area contributed by atoms with Crippen LogP contribution in [0.25, 0.3) is 22.4 Å². The molecule has 3 heterocycles. The Morgan fingerprint density at radius 3 is 2.62 bits per heavy atom. The van der Waals surface area contributed by atoms with E-state index >= 15 is 0 Å². The Morgan fingerprint density at radius 1 is 1.14 bits per heavy atom. The number of ether oxygens (including phenoxy) is 1. The third-order valence-corrected chi connectivity index (χ3v) is 8.24. The number of aromatic nitrogens is 4. The van der Waals surface area contributed by atoms with Crippen LogP contribution in [0.15, 0.2) is 41.3 Å². The molecule has 0 spiro atoms. The Bertz CT molecular complexity index is 1590. The van der Waals surface area contributed by atoms with Gasteiger partial charge in [0.1, 0.15) is 17.3 Å². The molecule has 4 aromatic rings. The lowest BCUT2D eigenvalue weighted by atomic mass is 10.1. The molecule has 1 saturated heterocycles. The molecule has 0 atom stereocenters. The fourth-order valence-electron chi connectivity index (χ4n) is 4.31.